The molecule has 0 saturated carbocycles. The van der Waals surface area contributed by atoms with Crippen molar-refractivity contribution in [1.29, 1.82) is 0 Å². The molecular weight excluding hydrogens is 521 g/mol. The first-order chi connectivity index (χ1) is 15.1. The van der Waals surface area contributed by atoms with Crippen LogP contribution in [0.25, 0.3) is 0 Å². The van der Waals surface area contributed by atoms with E-state index in [9.17, 15) is 0 Å². The molecule has 8 heteroatoms. The van der Waals surface area contributed by atoms with Gasteiger partial charge in [0, 0.05) is 31.3 Å². The van der Waals surface area contributed by atoms with Crippen molar-refractivity contribution in [1.82, 2.24) is 10.6 Å². The third kappa shape index (κ3) is 8.74. The summed E-state index contributed by atoms with van der Waals surface area (Å²) < 4.78 is 22.2. The topological polar surface area (TPSA) is 73.3 Å². The molecule has 2 aromatic rings. The van der Waals surface area contributed by atoms with Gasteiger partial charge in [-0.2, -0.15) is 0 Å². The van der Waals surface area contributed by atoms with Crippen molar-refractivity contribution in [3.8, 4) is 17.2 Å². The molecule has 0 aliphatic rings. The van der Waals surface area contributed by atoms with Crippen molar-refractivity contribution < 1.29 is 18.9 Å². The third-order valence-electron chi connectivity index (χ3n) is 4.79. The standard InChI is InChI=1S/C24H35N3O4.HI/c1-6-25-24(26-13-10-14-31-18(2)19-11-8-7-9-12-19)27-17-20-15-22(29-4)23(30-5)16-21(20)28-3;/h7-9,11-12,15-16,18H,6,10,13-14,17H2,1-5H3,(H2,25,26,27);1H. The van der Waals surface area contributed by atoms with Gasteiger partial charge in [-0.15, -0.1) is 24.0 Å². The second-order valence-electron chi connectivity index (χ2n) is 6.92. The van der Waals surface area contributed by atoms with Crippen LogP contribution >= 0.6 is 24.0 Å². The summed E-state index contributed by atoms with van der Waals surface area (Å²) in [5, 5.41) is 6.62. The number of halogens is 1. The predicted molar refractivity (Wildman–Crippen MR) is 140 cm³/mol. The van der Waals surface area contributed by atoms with Gasteiger partial charge >= 0.3 is 0 Å². The normalized spacial score (nSPS) is 11.8. The third-order valence-corrected chi connectivity index (χ3v) is 4.79. The molecule has 0 fully saturated rings. The second-order valence-corrected chi connectivity index (χ2v) is 6.92. The Morgan fingerprint density at radius 3 is 2.22 bits per heavy atom. The number of nitrogens with one attached hydrogen (secondary N) is 2. The summed E-state index contributed by atoms with van der Waals surface area (Å²) in [6.07, 6.45) is 0.960. The first-order valence-electron chi connectivity index (χ1n) is 10.6. The van der Waals surface area contributed by atoms with E-state index < -0.39 is 0 Å². The lowest BCUT2D eigenvalue weighted by atomic mass is 10.1. The molecule has 0 saturated heterocycles. The Morgan fingerprint density at radius 2 is 1.59 bits per heavy atom. The molecule has 0 radical (unpaired) electrons. The number of guanidine groups is 1. The molecule has 32 heavy (non-hydrogen) atoms. The van der Waals surface area contributed by atoms with Gasteiger partial charge < -0.3 is 29.6 Å². The highest BCUT2D eigenvalue weighted by Gasteiger charge is 2.12. The first kappa shape index (κ1) is 27.8. The van der Waals surface area contributed by atoms with Crippen molar-refractivity contribution >= 4 is 29.9 Å². The van der Waals surface area contributed by atoms with Crippen molar-refractivity contribution in [2.75, 3.05) is 41.0 Å². The summed E-state index contributed by atoms with van der Waals surface area (Å²) in [7, 11) is 4.85. The number of hydrogen-bond donors (Lipinski definition) is 2. The van der Waals surface area contributed by atoms with Crippen LogP contribution in [0, 0.1) is 0 Å². The smallest absolute Gasteiger partial charge is 0.191 e. The van der Waals surface area contributed by atoms with Crippen LogP contribution in [-0.4, -0.2) is 47.0 Å². The van der Waals surface area contributed by atoms with Gasteiger partial charge in [0.05, 0.1) is 34.0 Å². The Hall–Kier alpha value is -2.20. The number of benzene rings is 2. The lowest BCUT2D eigenvalue weighted by molar-refractivity contribution is 0.0646. The first-order valence-corrected chi connectivity index (χ1v) is 10.6. The van der Waals surface area contributed by atoms with Gasteiger partial charge in [-0.1, -0.05) is 30.3 Å². The second kappa shape index (κ2) is 15.6. The van der Waals surface area contributed by atoms with Crippen LogP contribution in [0.1, 0.15) is 37.5 Å². The number of methoxy groups -OCH3 is 3. The molecule has 0 spiro atoms. The summed E-state index contributed by atoms with van der Waals surface area (Å²) in [5.41, 5.74) is 2.10. The van der Waals surface area contributed by atoms with Crippen molar-refractivity contribution in [3.05, 3.63) is 53.6 Å². The van der Waals surface area contributed by atoms with Crippen LogP contribution in [0.3, 0.4) is 0 Å². The maximum Gasteiger partial charge on any atom is 0.191 e. The van der Waals surface area contributed by atoms with E-state index in [0.29, 0.717) is 30.4 Å². The van der Waals surface area contributed by atoms with E-state index in [2.05, 4.69) is 34.7 Å². The largest absolute Gasteiger partial charge is 0.496 e. The molecule has 0 aliphatic carbocycles. The minimum atomic E-state index is 0. The molecule has 0 heterocycles. The maximum atomic E-state index is 5.93. The Kier molecular flexibility index (Phi) is 13.5. The zero-order chi connectivity index (χ0) is 22.5. The van der Waals surface area contributed by atoms with Crippen molar-refractivity contribution in [2.24, 2.45) is 4.99 Å². The van der Waals surface area contributed by atoms with Crippen molar-refractivity contribution in [3.63, 3.8) is 0 Å². The van der Waals surface area contributed by atoms with E-state index >= 15 is 0 Å². The Balaban J connectivity index is 0.00000512. The minimum Gasteiger partial charge on any atom is -0.496 e. The summed E-state index contributed by atoms with van der Waals surface area (Å²) in [4.78, 5) is 4.68. The van der Waals surface area contributed by atoms with Gasteiger partial charge in [0.15, 0.2) is 17.5 Å². The highest BCUT2D eigenvalue weighted by atomic mass is 127. The quantitative estimate of drug-likeness (QED) is 0.173. The van der Waals surface area contributed by atoms with Crippen LogP contribution < -0.4 is 24.8 Å². The molecule has 0 amide bonds. The van der Waals surface area contributed by atoms with E-state index in [0.717, 1.165) is 31.0 Å². The van der Waals surface area contributed by atoms with E-state index in [1.54, 1.807) is 21.3 Å². The average molecular weight is 557 g/mol. The molecule has 0 bridgehead atoms. The van der Waals surface area contributed by atoms with Crippen molar-refractivity contribution in [2.45, 2.75) is 32.9 Å². The zero-order valence-corrected chi connectivity index (χ0v) is 22.0. The van der Waals surface area contributed by atoms with Crippen LogP contribution in [0.5, 0.6) is 17.2 Å². The van der Waals surface area contributed by atoms with Gasteiger partial charge in [0.2, 0.25) is 0 Å². The molecular formula is C24H36IN3O4. The van der Waals surface area contributed by atoms with Crippen LogP contribution in [0.2, 0.25) is 0 Å². The molecule has 178 valence electrons. The molecule has 1 atom stereocenters. The maximum absolute atomic E-state index is 5.93. The van der Waals surface area contributed by atoms with Gasteiger partial charge in [-0.05, 0) is 31.9 Å². The summed E-state index contributed by atoms with van der Waals surface area (Å²) >= 11 is 0. The monoisotopic (exact) mass is 557 g/mol. The minimum absolute atomic E-state index is 0. The van der Waals surface area contributed by atoms with Gasteiger partial charge in [0.1, 0.15) is 5.75 Å². The molecule has 2 aromatic carbocycles. The summed E-state index contributed by atoms with van der Waals surface area (Å²) in [5.74, 6) is 2.73. The van der Waals surface area contributed by atoms with Crippen LogP contribution in [0.15, 0.2) is 47.5 Å². The summed E-state index contributed by atoms with van der Waals surface area (Å²) in [6, 6.07) is 14.0. The lowest BCUT2D eigenvalue weighted by Gasteiger charge is -2.15. The highest BCUT2D eigenvalue weighted by Crippen LogP contribution is 2.34. The Labute approximate surface area is 208 Å². The summed E-state index contributed by atoms with van der Waals surface area (Å²) in [6.45, 7) is 6.77. The van der Waals surface area contributed by atoms with E-state index in [1.165, 1.54) is 5.56 Å². The molecule has 2 rings (SSSR count). The van der Waals surface area contributed by atoms with E-state index in [-0.39, 0.29) is 30.1 Å². The van der Waals surface area contributed by atoms with Crippen LogP contribution in [-0.2, 0) is 11.3 Å². The Bertz CT molecular complexity index is 818. The van der Waals surface area contributed by atoms with Gasteiger partial charge in [-0.3, -0.25) is 0 Å². The number of nitrogens with zero attached hydrogens (tertiary/aromatic N) is 1. The Morgan fingerprint density at radius 1 is 0.938 bits per heavy atom. The molecule has 7 nitrogen and oxygen atoms in total. The average Bonchev–Trinajstić information content (AvgIpc) is 2.81. The molecule has 0 aromatic heterocycles. The van der Waals surface area contributed by atoms with Gasteiger partial charge in [0.25, 0.3) is 0 Å². The fourth-order valence-corrected chi connectivity index (χ4v) is 3.08. The number of ether oxygens (including phenoxy) is 4. The lowest BCUT2D eigenvalue weighted by Crippen LogP contribution is -2.38. The van der Waals surface area contributed by atoms with Gasteiger partial charge in [-0.25, -0.2) is 4.99 Å². The number of rotatable bonds is 12. The van der Waals surface area contributed by atoms with E-state index in [1.807, 2.05) is 37.3 Å². The number of hydrogen-bond acceptors (Lipinski definition) is 5. The fraction of sp³-hybridized carbons (Fsp3) is 0.458. The highest BCUT2D eigenvalue weighted by molar-refractivity contribution is 14.0. The zero-order valence-electron chi connectivity index (χ0n) is 19.6. The van der Waals surface area contributed by atoms with Crippen LogP contribution in [0.4, 0.5) is 0 Å². The molecule has 0 aliphatic heterocycles. The predicted octanol–water partition coefficient (Wildman–Crippen LogP) is 4.55. The SMILES string of the molecule is CCNC(=NCc1cc(OC)c(OC)cc1OC)NCCCOC(C)c1ccccc1.I. The van der Waals surface area contributed by atoms with E-state index in [4.69, 9.17) is 18.9 Å². The molecule has 2 N–H and O–H groups in total. The number of aliphatic imine (C=N–C) groups is 1. The molecule has 1 unspecified atom stereocenters. The fourth-order valence-electron chi connectivity index (χ4n) is 3.08.